The molecule has 1 amide bonds. The number of carbonyl (C=O) groups excluding carboxylic acids is 1. The number of nitrogens with one attached hydrogen (secondary N) is 1. The number of nitrogens with zero attached hydrogens (tertiary/aromatic N) is 2. The third-order valence-electron chi connectivity index (χ3n) is 6.16. The molecule has 0 unspecified atom stereocenters. The van der Waals surface area contributed by atoms with Crippen LogP contribution in [-0.2, 0) is 11.3 Å². The van der Waals surface area contributed by atoms with E-state index in [9.17, 15) is 4.79 Å². The van der Waals surface area contributed by atoms with Gasteiger partial charge < -0.3 is 10.1 Å². The highest BCUT2D eigenvalue weighted by molar-refractivity contribution is 7.19. The van der Waals surface area contributed by atoms with Crippen molar-refractivity contribution in [2.24, 2.45) is 5.92 Å². The molecule has 35 heavy (non-hydrogen) atoms. The summed E-state index contributed by atoms with van der Waals surface area (Å²) in [6.45, 7) is 2.67. The van der Waals surface area contributed by atoms with Crippen molar-refractivity contribution in [1.82, 2.24) is 9.88 Å². The highest BCUT2D eigenvalue weighted by Gasteiger charge is 2.26. The van der Waals surface area contributed by atoms with Crippen LogP contribution < -0.4 is 10.1 Å². The molecule has 1 saturated heterocycles. The Kier molecular flexibility index (Phi) is 7.42. The Morgan fingerprint density at radius 3 is 2.49 bits per heavy atom. The fraction of sp³-hybridized carbons (Fsp3) is 0.214. The van der Waals surface area contributed by atoms with Gasteiger partial charge >= 0.3 is 0 Å². The van der Waals surface area contributed by atoms with Crippen LogP contribution in [0.1, 0.15) is 18.4 Å². The normalized spacial score (nSPS) is 14.5. The van der Waals surface area contributed by atoms with E-state index in [2.05, 4.69) is 45.5 Å². The zero-order chi connectivity index (χ0) is 24.0. The van der Waals surface area contributed by atoms with E-state index < -0.39 is 0 Å². The van der Waals surface area contributed by atoms with Gasteiger partial charge in [-0.25, -0.2) is 4.98 Å². The third-order valence-corrected chi connectivity index (χ3v) is 7.44. The van der Waals surface area contributed by atoms with Gasteiger partial charge in [0.15, 0.2) is 0 Å². The smallest absolute Gasteiger partial charge is 0.243 e. The second-order valence-electron chi connectivity index (χ2n) is 8.61. The summed E-state index contributed by atoms with van der Waals surface area (Å²) >= 11 is 7.66. The number of aromatic nitrogens is 1. The number of ether oxygens (including phenoxy) is 1. The molecule has 0 radical (unpaired) electrons. The minimum absolute atomic E-state index is 0.0227. The number of benzene rings is 2. The molecule has 1 aliphatic rings. The molecule has 0 saturated carbocycles. The summed E-state index contributed by atoms with van der Waals surface area (Å²) in [6.07, 6.45) is 3.31. The maximum atomic E-state index is 13.0. The van der Waals surface area contributed by atoms with Crippen molar-refractivity contribution in [3.8, 4) is 22.1 Å². The topological polar surface area (TPSA) is 54.5 Å². The lowest BCUT2D eigenvalue weighted by atomic mass is 9.95. The zero-order valence-corrected chi connectivity index (χ0v) is 20.8. The zero-order valence-electron chi connectivity index (χ0n) is 19.2. The van der Waals surface area contributed by atoms with Gasteiger partial charge in [0.2, 0.25) is 11.8 Å². The van der Waals surface area contributed by atoms with Gasteiger partial charge in [-0.1, -0.05) is 54.1 Å². The minimum atomic E-state index is -0.0259. The lowest BCUT2D eigenvalue weighted by Gasteiger charge is -2.31. The lowest BCUT2D eigenvalue weighted by Crippen LogP contribution is -2.37. The Morgan fingerprint density at radius 2 is 1.77 bits per heavy atom. The van der Waals surface area contributed by atoms with Crippen LogP contribution in [0.25, 0.3) is 10.4 Å². The number of amides is 1. The molecule has 0 spiro atoms. The summed E-state index contributed by atoms with van der Waals surface area (Å²) in [4.78, 5) is 20.9. The van der Waals surface area contributed by atoms with E-state index in [0.717, 1.165) is 36.8 Å². The van der Waals surface area contributed by atoms with Gasteiger partial charge in [-0.3, -0.25) is 9.69 Å². The molecular formula is C28H26ClN3O2S. The highest BCUT2D eigenvalue weighted by atomic mass is 35.5. The minimum Gasteiger partial charge on any atom is -0.437 e. The van der Waals surface area contributed by atoms with Crippen LogP contribution in [0.3, 0.4) is 0 Å². The van der Waals surface area contributed by atoms with Crippen molar-refractivity contribution in [2.75, 3.05) is 18.4 Å². The first-order valence-corrected chi connectivity index (χ1v) is 12.9. The number of hydrogen-bond acceptors (Lipinski definition) is 5. The summed E-state index contributed by atoms with van der Waals surface area (Å²) < 4.78 is 6.68. The van der Waals surface area contributed by atoms with Gasteiger partial charge in [0, 0.05) is 23.5 Å². The van der Waals surface area contributed by atoms with E-state index >= 15 is 0 Å². The molecule has 1 aliphatic heterocycles. The van der Waals surface area contributed by atoms with Crippen LogP contribution in [-0.4, -0.2) is 28.9 Å². The van der Waals surface area contributed by atoms with Gasteiger partial charge in [-0.15, -0.1) is 11.3 Å². The van der Waals surface area contributed by atoms with Crippen LogP contribution in [0.15, 0.2) is 85.1 Å². The molecule has 5 nitrogen and oxygen atoms in total. The molecule has 4 aromatic rings. The largest absolute Gasteiger partial charge is 0.437 e. The molecule has 3 heterocycles. The second-order valence-corrected chi connectivity index (χ2v) is 10.3. The predicted molar refractivity (Wildman–Crippen MR) is 142 cm³/mol. The van der Waals surface area contributed by atoms with Crippen molar-refractivity contribution in [2.45, 2.75) is 19.4 Å². The van der Waals surface area contributed by atoms with E-state index in [-0.39, 0.29) is 11.8 Å². The van der Waals surface area contributed by atoms with Crippen molar-refractivity contribution in [1.29, 1.82) is 0 Å². The average molecular weight is 504 g/mol. The summed E-state index contributed by atoms with van der Waals surface area (Å²) in [5, 5.41) is 3.04. The fourth-order valence-electron chi connectivity index (χ4n) is 4.26. The Labute approximate surface area is 214 Å². The average Bonchev–Trinajstić information content (AvgIpc) is 3.33. The van der Waals surface area contributed by atoms with Crippen LogP contribution >= 0.6 is 22.9 Å². The molecule has 0 bridgehead atoms. The van der Waals surface area contributed by atoms with Gasteiger partial charge in [-0.2, -0.15) is 0 Å². The number of thiophene rings is 1. The Bertz CT molecular complexity index is 1270. The van der Waals surface area contributed by atoms with Gasteiger partial charge in [0.05, 0.1) is 4.34 Å². The van der Waals surface area contributed by atoms with E-state index in [1.165, 1.54) is 16.0 Å². The first-order valence-electron chi connectivity index (χ1n) is 11.7. The molecule has 1 N–H and O–H groups in total. The Balaban J connectivity index is 1.14. The van der Waals surface area contributed by atoms with E-state index in [4.69, 9.17) is 16.3 Å². The van der Waals surface area contributed by atoms with Crippen LogP contribution in [0.2, 0.25) is 4.34 Å². The van der Waals surface area contributed by atoms with Gasteiger partial charge in [0.25, 0.3) is 0 Å². The summed E-state index contributed by atoms with van der Waals surface area (Å²) in [5.74, 6) is 1.08. The molecule has 2 aromatic carbocycles. The monoisotopic (exact) mass is 503 g/mol. The molecule has 7 heteroatoms. The number of halogens is 1. The number of hydrogen-bond donors (Lipinski definition) is 1. The van der Waals surface area contributed by atoms with Crippen LogP contribution in [0.5, 0.6) is 11.6 Å². The van der Waals surface area contributed by atoms with Gasteiger partial charge in [0.1, 0.15) is 11.4 Å². The fourth-order valence-corrected chi connectivity index (χ4v) is 5.31. The first-order chi connectivity index (χ1) is 17.1. The number of likely N-dealkylation sites (tertiary alicyclic amines) is 1. The number of piperidine rings is 1. The molecule has 1 fully saturated rings. The van der Waals surface area contributed by atoms with Crippen molar-refractivity contribution in [3.05, 3.63) is 95.0 Å². The quantitative estimate of drug-likeness (QED) is 0.292. The summed E-state index contributed by atoms with van der Waals surface area (Å²) in [5.41, 5.74) is 3.06. The molecular weight excluding hydrogens is 478 g/mol. The number of carbonyl (C=O) groups is 1. The van der Waals surface area contributed by atoms with E-state index in [0.29, 0.717) is 17.3 Å². The molecule has 0 atom stereocenters. The molecule has 0 aliphatic carbocycles. The highest BCUT2D eigenvalue weighted by Crippen LogP contribution is 2.32. The number of anilines is 1. The van der Waals surface area contributed by atoms with E-state index in [1.807, 2.05) is 42.5 Å². The summed E-state index contributed by atoms with van der Waals surface area (Å²) in [6, 6.07) is 25.7. The Hall–Kier alpha value is -3.19. The third kappa shape index (κ3) is 6.09. The molecule has 178 valence electrons. The van der Waals surface area contributed by atoms with Crippen molar-refractivity contribution in [3.63, 3.8) is 0 Å². The van der Waals surface area contributed by atoms with E-state index in [1.54, 1.807) is 23.6 Å². The standard InChI is InChI=1S/C28H26ClN3O2S/c29-26-13-12-25(35-26)21-10-8-20(9-11-21)19-32-17-14-22(15-18-32)27(33)31-24-7-4-16-30-28(24)34-23-5-2-1-3-6-23/h1-13,16,22H,14-15,17-19H2,(H,31,33). The number of rotatable bonds is 7. The summed E-state index contributed by atoms with van der Waals surface area (Å²) in [7, 11) is 0. The van der Waals surface area contributed by atoms with Crippen molar-refractivity contribution < 1.29 is 9.53 Å². The molecule has 5 rings (SSSR count). The lowest BCUT2D eigenvalue weighted by molar-refractivity contribution is -0.121. The SMILES string of the molecule is O=C(Nc1cccnc1Oc1ccccc1)C1CCN(Cc2ccc(-c3ccc(Cl)s3)cc2)CC1. The number of pyridine rings is 1. The second kappa shape index (κ2) is 11.0. The first kappa shape index (κ1) is 23.5. The molecule has 2 aromatic heterocycles. The van der Waals surface area contributed by atoms with Gasteiger partial charge in [-0.05, 0) is 73.5 Å². The van der Waals surface area contributed by atoms with Crippen molar-refractivity contribution >= 4 is 34.5 Å². The Morgan fingerprint density at radius 1 is 1.00 bits per heavy atom. The maximum Gasteiger partial charge on any atom is 0.243 e. The van der Waals surface area contributed by atoms with Crippen LogP contribution in [0, 0.1) is 5.92 Å². The number of para-hydroxylation sites is 1. The van der Waals surface area contributed by atoms with Crippen LogP contribution in [0.4, 0.5) is 5.69 Å². The predicted octanol–water partition coefficient (Wildman–Crippen LogP) is 7.11. The maximum absolute atomic E-state index is 13.0.